The van der Waals surface area contributed by atoms with E-state index in [1.807, 2.05) is 39.8 Å². The standard InChI is InChI=1S/C17H24BNO5/c1-16(2)17(3,4)24-18(23-16)13-8-6-12(7-9-13)15(21)19-11-10-14(20)22-5/h6-9H,10-11H2,1-5H3,(H,19,21). The van der Waals surface area contributed by atoms with Gasteiger partial charge < -0.3 is 19.4 Å². The molecule has 0 radical (unpaired) electrons. The molecule has 0 bridgehead atoms. The van der Waals surface area contributed by atoms with Crippen molar-refractivity contribution >= 4 is 24.5 Å². The monoisotopic (exact) mass is 333 g/mol. The Hall–Kier alpha value is -1.86. The quantitative estimate of drug-likeness (QED) is 0.649. The van der Waals surface area contributed by atoms with Crippen LogP contribution in [0.4, 0.5) is 0 Å². The van der Waals surface area contributed by atoms with Crippen LogP contribution in [-0.2, 0) is 18.8 Å². The first-order valence-electron chi connectivity index (χ1n) is 7.97. The van der Waals surface area contributed by atoms with Gasteiger partial charge >= 0.3 is 13.1 Å². The zero-order valence-corrected chi connectivity index (χ0v) is 14.8. The summed E-state index contributed by atoms with van der Waals surface area (Å²) in [5.74, 6) is -0.592. The topological polar surface area (TPSA) is 73.9 Å². The summed E-state index contributed by atoms with van der Waals surface area (Å²) in [5, 5.41) is 2.68. The van der Waals surface area contributed by atoms with Crippen LogP contribution in [-0.4, -0.2) is 43.9 Å². The van der Waals surface area contributed by atoms with E-state index in [1.54, 1.807) is 12.1 Å². The fraction of sp³-hybridized carbons (Fsp3) is 0.529. The summed E-state index contributed by atoms with van der Waals surface area (Å²) in [6.07, 6.45) is 0.147. The van der Waals surface area contributed by atoms with Gasteiger partial charge in [-0.2, -0.15) is 0 Å². The molecule has 1 N–H and O–H groups in total. The van der Waals surface area contributed by atoms with Crippen LogP contribution in [0.5, 0.6) is 0 Å². The number of carbonyl (C=O) groups excluding carboxylic acids is 2. The first-order valence-corrected chi connectivity index (χ1v) is 7.97. The largest absolute Gasteiger partial charge is 0.494 e. The van der Waals surface area contributed by atoms with E-state index >= 15 is 0 Å². The number of amides is 1. The van der Waals surface area contributed by atoms with Gasteiger partial charge in [0, 0.05) is 12.1 Å². The predicted octanol–water partition coefficient (Wildman–Crippen LogP) is 1.28. The molecule has 1 amide bonds. The van der Waals surface area contributed by atoms with Gasteiger partial charge in [0.2, 0.25) is 0 Å². The SMILES string of the molecule is COC(=O)CCNC(=O)c1ccc(B2OC(C)(C)C(C)(C)O2)cc1. The lowest BCUT2D eigenvalue weighted by Crippen LogP contribution is -2.41. The Balaban J connectivity index is 1.96. The molecule has 1 aliphatic heterocycles. The Morgan fingerprint density at radius 2 is 1.62 bits per heavy atom. The molecule has 0 unspecified atom stereocenters. The van der Waals surface area contributed by atoms with Crippen LogP contribution in [0.15, 0.2) is 24.3 Å². The second-order valence-electron chi connectivity index (χ2n) is 6.79. The van der Waals surface area contributed by atoms with Crippen LogP contribution in [0.2, 0.25) is 0 Å². The number of ether oxygens (including phenoxy) is 1. The molecule has 24 heavy (non-hydrogen) atoms. The number of esters is 1. The number of hydrogen-bond acceptors (Lipinski definition) is 5. The zero-order valence-electron chi connectivity index (χ0n) is 14.8. The normalized spacial score (nSPS) is 18.3. The maximum absolute atomic E-state index is 12.0. The van der Waals surface area contributed by atoms with Crippen LogP contribution in [0, 0.1) is 0 Å². The molecule has 0 atom stereocenters. The lowest BCUT2D eigenvalue weighted by molar-refractivity contribution is -0.140. The highest BCUT2D eigenvalue weighted by Gasteiger charge is 2.51. The molecule has 130 valence electrons. The molecule has 0 saturated carbocycles. The average Bonchev–Trinajstić information content (AvgIpc) is 2.75. The van der Waals surface area contributed by atoms with Crippen LogP contribution in [0.25, 0.3) is 0 Å². The third kappa shape index (κ3) is 3.97. The molecule has 1 aromatic rings. The summed E-state index contributed by atoms with van der Waals surface area (Å²) >= 11 is 0. The maximum atomic E-state index is 12.0. The van der Waals surface area contributed by atoms with Gasteiger partial charge in [0.05, 0.1) is 24.7 Å². The third-order valence-corrected chi connectivity index (χ3v) is 4.54. The highest BCUT2D eigenvalue weighted by molar-refractivity contribution is 6.62. The molecule has 0 spiro atoms. The molecule has 1 heterocycles. The number of hydrogen-bond donors (Lipinski definition) is 1. The molecule has 7 heteroatoms. The number of rotatable bonds is 5. The fourth-order valence-electron chi connectivity index (χ4n) is 2.25. The highest BCUT2D eigenvalue weighted by Crippen LogP contribution is 2.36. The Bertz CT molecular complexity index is 596. The first-order chi connectivity index (χ1) is 11.2. The van der Waals surface area contributed by atoms with E-state index in [9.17, 15) is 9.59 Å². The van der Waals surface area contributed by atoms with E-state index in [1.165, 1.54) is 7.11 Å². The second kappa shape index (κ2) is 6.95. The van der Waals surface area contributed by atoms with Gasteiger partial charge in [-0.25, -0.2) is 0 Å². The van der Waals surface area contributed by atoms with Crippen LogP contribution in [0.1, 0.15) is 44.5 Å². The maximum Gasteiger partial charge on any atom is 0.494 e. The van der Waals surface area contributed by atoms with Gasteiger partial charge in [0.15, 0.2) is 0 Å². The van der Waals surface area contributed by atoms with Crippen molar-refractivity contribution in [3.8, 4) is 0 Å². The van der Waals surface area contributed by atoms with Crippen LogP contribution in [0.3, 0.4) is 0 Å². The van der Waals surface area contributed by atoms with Crippen molar-refractivity contribution in [2.24, 2.45) is 0 Å². The van der Waals surface area contributed by atoms with E-state index in [0.717, 1.165) is 5.46 Å². The molecule has 1 aromatic carbocycles. The molecular weight excluding hydrogens is 309 g/mol. The number of benzene rings is 1. The van der Waals surface area contributed by atoms with Gasteiger partial charge in [-0.3, -0.25) is 9.59 Å². The van der Waals surface area contributed by atoms with Crippen molar-refractivity contribution in [3.05, 3.63) is 29.8 Å². The molecule has 0 aliphatic carbocycles. The number of methoxy groups -OCH3 is 1. The van der Waals surface area contributed by atoms with Crippen molar-refractivity contribution in [1.82, 2.24) is 5.32 Å². The van der Waals surface area contributed by atoms with Gasteiger partial charge in [-0.05, 0) is 45.3 Å². The van der Waals surface area contributed by atoms with Crippen molar-refractivity contribution < 1.29 is 23.6 Å². The van der Waals surface area contributed by atoms with Crippen molar-refractivity contribution in [2.45, 2.75) is 45.3 Å². The van der Waals surface area contributed by atoms with E-state index in [4.69, 9.17) is 9.31 Å². The Kier molecular flexibility index (Phi) is 5.35. The Labute approximate surface area is 143 Å². The molecule has 0 aromatic heterocycles. The lowest BCUT2D eigenvalue weighted by atomic mass is 9.79. The predicted molar refractivity (Wildman–Crippen MR) is 91.1 cm³/mol. The Morgan fingerprint density at radius 1 is 1.08 bits per heavy atom. The smallest absolute Gasteiger partial charge is 0.469 e. The highest BCUT2D eigenvalue weighted by atomic mass is 16.7. The molecule has 1 aliphatic rings. The summed E-state index contributed by atoms with van der Waals surface area (Å²) in [5.41, 5.74) is 0.573. The van der Waals surface area contributed by atoms with Gasteiger partial charge in [0.1, 0.15) is 0 Å². The second-order valence-corrected chi connectivity index (χ2v) is 6.79. The van der Waals surface area contributed by atoms with Crippen molar-refractivity contribution in [3.63, 3.8) is 0 Å². The summed E-state index contributed by atoms with van der Waals surface area (Å²) in [4.78, 5) is 23.1. The van der Waals surface area contributed by atoms with Gasteiger partial charge in [-0.15, -0.1) is 0 Å². The zero-order chi connectivity index (χ0) is 18.0. The van der Waals surface area contributed by atoms with Crippen LogP contribution < -0.4 is 10.8 Å². The molecule has 1 fully saturated rings. The van der Waals surface area contributed by atoms with Gasteiger partial charge in [-0.1, -0.05) is 12.1 Å². The van der Waals surface area contributed by atoms with E-state index in [2.05, 4.69) is 10.1 Å². The van der Waals surface area contributed by atoms with Crippen molar-refractivity contribution in [1.29, 1.82) is 0 Å². The molecule has 2 rings (SSSR count). The minimum absolute atomic E-state index is 0.147. The number of carbonyl (C=O) groups is 2. The summed E-state index contributed by atoms with van der Waals surface area (Å²) in [6.45, 7) is 8.23. The van der Waals surface area contributed by atoms with E-state index in [-0.39, 0.29) is 24.8 Å². The summed E-state index contributed by atoms with van der Waals surface area (Å²) < 4.78 is 16.5. The minimum Gasteiger partial charge on any atom is -0.469 e. The van der Waals surface area contributed by atoms with Crippen LogP contribution >= 0.6 is 0 Å². The Morgan fingerprint density at radius 3 is 2.12 bits per heavy atom. The van der Waals surface area contributed by atoms with Crippen molar-refractivity contribution in [2.75, 3.05) is 13.7 Å². The first kappa shape index (κ1) is 18.5. The molecule has 6 nitrogen and oxygen atoms in total. The minimum atomic E-state index is -0.452. The third-order valence-electron chi connectivity index (χ3n) is 4.54. The molecular formula is C17H24BNO5. The fourth-order valence-corrected chi connectivity index (χ4v) is 2.25. The lowest BCUT2D eigenvalue weighted by Gasteiger charge is -2.32. The van der Waals surface area contributed by atoms with Gasteiger partial charge in [0.25, 0.3) is 5.91 Å². The summed E-state index contributed by atoms with van der Waals surface area (Å²) in [7, 11) is 0.866. The summed E-state index contributed by atoms with van der Waals surface area (Å²) in [6, 6.07) is 7.07. The number of nitrogens with one attached hydrogen (secondary N) is 1. The average molecular weight is 333 g/mol. The van der Waals surface area contributed by atoms with E-state index in [0.29, 0.717) is 5.56 Å². The molecule has 1 saturated heterocycles. The van der Waals surface area contributed by atoms with E-state index < -0.39 is 18.3 Å².